The Morgan fingerprint density at radius 1 is 1.22 bits per heavy atom. The van der Waals surface area contributed by atoms with E-state index >= 15 is 0 Å². The van der Waals surface area contributed by atoms with Crippen molar-refractivity contribution in [1.82, 2.24) is 15.3 Å². The number of carbonyl (C=O) groups is 2. The number of halogens is 3. The van der Waals surface area contributed by atoms with Gasteiger partial charge in [-0.05, 0) is 48.9 Å². The molecule has 2 aromatic carbocycles. The number of amides is 2. The molecule has 0 aliphatic rings. The fourth-order valence-corrected chi connectivity index (χ4v) is 2.97. The van der Waals surface area contributed by atoms with Crippen molar-refractivity contribution >= 4 is 44.5 Å². The summed E-state index contributed by atoms with van der Waals surface area (Å²) in [5.74, 6) is -1.32. The molecule has 3 N–H and O–H groups in total. The predicted molar refractivity (Wildman–Crippen MR) is 101 cm³/mol. The van der Waals surface area contributed by atoms with Gasteiger partial charge in [0.15, 0.2) is 5.82 Å². The average molecular weight is 437 g/mol. The van der Waals surface area contributed by atoms with Gasteiger partial charge in [-0.2, -0.15) is 0 Å². The number of fused-ring (bicyclic) bond motifs is 1. The number of alkyl halides is 2. The van der Waals surface area contributed by atoms with Crippen LogP contribution in [0.25, 0.3) is 11.0 Å². The fourth-order valence-electron chi connectivity index (χ4n) is 2.50. The van der Waals surface area contributed by atoms with Gasteiger partial charge in [0.1, 0.15) is 0 Å². The third kappa shape index (κ3) is 4.48. The summed E-state index contributed by atoms with van der Waals surface area (Å²) in [4.78, 5) is 30.5. The normalized spacial score (nSPS) is 11.0. The van der Waals surface area contributed by atoms with Crippen molar-refractivity contribution in [2.24, 2.45) is 0 Å². The van der Waals surface area contributed by atoms with Crippen molar-refractivity contribution in [2.75, 3.05) is 11.9 Å². The molecular weight excluding hydrogens is 422 g/mol. The van der Waals surface area contributed by atoms with Gasteiger partial charge >= 0.3 is 0 Å². The molecule has 0 aliphatic heterocycles. The molecule has 0 atom stereocenters. The Morgan fingerprint density at radius 2 is 2.00 bits per heavy atom. The number of aryl methyl sites for hydroxylation is 1. The summed E-state index contributed by atoms with van der Waals surface area (Å²) in [6.45, 7) is 1.63. The number of benzene rings is 2. The van der Waals surface area contributed by atoms with E-state index in [0.717, 1.165) is 10.0 Å². The van der Waals surface area contributed by atoms with Crippen LogP contribution in [0.15, 0.2) is 40.9 Å². The van der Waals surface area contributed by atoms with Crippen molar-refractivity contribution in [2.45, 2.75) is 13.3 Å². The van der Waals surface area contributed by atoms with E-state index in [1.54, 1.807) is 12.1 Å². The van der Waals surface area contributed by atoms with Gasteiger partial charge in [0.2, 0.25) is 5.91 Å². The summed E-state index contributed by atoms with van der Waals surface area (Å²) < 4.78 is 26.3. The lowest BCUT2D eigenvalue weighted by Crippen LogP contribution is -2.33. The summed E-state index contributed by atoms with van der Waals surface area (Å²) in [6, 6.07) is 9.77. The number of H-pyrrole nitrogens is 1. The summed E-state index contributed by atoms with van der Waals surface area (Å²) in [5.41, 5.74) is 2.43. The minimum absolute atomic E-state index is 0.225. The first-order chi connectivity index (χ1) is 12.8. The quantitative estimate of drug-likeness (QED) is 0.565. The highest BCUT2D eigenvalue weighted by molar-refractivity contribution is 9.10. The maximum atomic E-state index is 12.7. The molecule has 0 spiro atoms. The zero-order valence-electron chi connectivity index (χ0n) is 14.1. The van der Waals surface area contributed by atoms with Crippen molar-refractivity contribution in [1.29, 1.82) is 0 Å². The minimum Gasteiger partial charge on any atom is -0.343 e. The number of imidazole rings is 1. The predicted octanol–water partition coefficient (Wildman–Crippen LogP) is 3.94. The third-order valence-corrected chi connectivity index (χ3v) is 4.33. The van der Waals surface area contributed by atoms with E-state index in [-0.39, 0.29) is 18.0 Å². The molecule has 3 rings (SSSR count). The van der Waals surface area contributed by atoms with Crippen LogP contribution < -0.4 is 10.6 Å². The Labute approximate surface area is 161 Å². The fraction of sp³-hybridized carbons (Fsp3) is 0.167. The molecule has 0 radical (unpaired) electrons. The van der Waals surface area contributed by atoms with Crippen LogP contribution >= 0.6 is 15.9 Å². The lowest BCUT2D eigenvalue weighted by molar-refractivity contribution is -0.115. The van der Waals surface area contributed by atoms with Gasteiger partial charge in [0.25, 0.3) is 12.3 Å². The topological polar surface area (TPSA) is 86.9 Å². The van der Waals surface area contributed by atoms with Gasteiger partial charge in [-0.3, -0.25) is 9.59 Å². The molecule has 0 unspecified atom stereocenters. The van der Waals surface area contributed by atoms with Crippen molar-refractivity contribution in [3.8, 4) is 0 Å². The molecule has 1 heterocycles. The number of carbonyl (C=O) groups excluding carboxylic acids is 2. The van der Waals surface area contributed by atoms with E-state index in [1.807, 2.05) is 13.0 Å². The number of aromatic amines is 1. The molecule has 0 aliphatic carbocycles. The second kappa shape index (κ2) is 7.83. The van der Waals surface area contributed by atoms with Crippen molar-refractivity contribution < 1.29 is 18.4 Å². The summed E-state index contributed by atoms with van der Waals surface area (Å²) >= 11 is 3.35. The van der Waals surface area contributed by atoms with Crippen LogP contribution in [-0.2, 0) is 4.79 Å². The van der Waals surface area contributed by atoms with Gasteiger partial charge < -0.3 is 15.6 Å². The van der Waals surface area contributed by atoms with Crippen LogP contribution in [0.4, 0.5) is 14.5 Å². The van der Waals surface area contributed by atoms with Crippen molar-refractivity contribution in [3.05, 3.63) is 57.8 Å². The van der Waals surface area contributed by atoms with E-state index in [2.05, 4.69) is 36.5 Å². The second-order valence-corrected chi connectivity index (χ2v) is 6.76. The van der Waals surface area contributed by atoms with Crippen LogP contribution in [0, 0.1) is 6.92 Å². The van der Waals surface area contributed by atoms with E-state index in [4.69, 9.17) is 0 Å². The van der Waals surface area contributed by atoms with Crippen LogP contribution in [0.3, 0.4) is 0 Å². The number of anilines is 1. The Bertz CT molecular complexity index is 1020. The molecule has 0 saturated heterocycles. The average Bonchev–Trinajstić information content (AvgIpc) is 3.05. The molecule has 0 saturated carbocycles. The standard InChI is InChI=1S/C18H15BrF2N4O2/c1-9-6-11(19)3-5-12(9)23-15(26)8-22-18(27)10-2-4-13-14(7-10)25-17(24-13)16(20)21/h2-7,16H,8H2,1H3,(H,22,27)(H,23,26)(H,24,25). The van der Waals surface area contributed by atoms with Crippen LogP contribution in [0.1, 0.15) is 28.2 Å². The maximum absolute atomic E-state index is 12.7. The monoisotopic (exact) mass is 436 g/mol. The second-order valence-electron chi connectivity index (χ2n) is 5.84. The number of hydrogen-bond donors (Lipinski definition) is 3. The Kier molecular flexibility index (Phi) is 5.50. The highest BCUT2D eigenvalue weighted by Gasteiger charge is 2.15. The SMILES string of the molecule is Cc1cc(Br)ccc1NC(=O)CNC(=O)c1ccc2nc(C(F)F)[nH]c2c1. The molecule has 1 aromatic heterocycles. The molecule has 27 heavy (non-hydrogen) atoms. The van der Waals surface area contributed by atoms with E-state index < -0.39 is 18.2 Å². The lowest BCUT2D eigenvalue weighted by atomic mass is 10.2. The highest BCUT2D eigenvalue weighted by atomic mass is 79.9. The third-order valence-electron chi connectivity index (χ3n) is 3.84. The van der Waals surface area contributed by atoms with Gasteiger partial charge in [-0.1, -0.05) is 15.9 Å². The molecule has 9 heteroatoms. The zero-order chi connectivity index (χ0) is 19.6. The largest absolute Gasteiger partial charge is 0.343 e. The lowest BCUT2D eigenvalue weighted by Gasteiger charge is -2.09. The van der Waals surface area contributed by atoms with Gasteiger partial charge in [-0.25, -0.2) is 13.8 Å². The zero-order valence-corrected chi connectivity index (χ0v) is 15.7. The van der Waals surface area contributed by atoms with Crippen LogP contribution in [0.5, 0.6) is 0 Å². The molecule has 140 valence electrons. The van der Waals surface area contributed by atoms with Gasteiger partial charge in [0, 0.05) is 15.7 Å². The number of hydrogen-bond acceptors (Lipinski definition) is 3. The molecular formula is C18H15BrF2N4O2. The molecule has 6 nitrogen and oxygen atoms in total. The minimum atomic E-state index is -2.72. The Morgan fingerprint density at radius 3 is 2.70 bits per heavy atom. The first-order valence-electron chi connectivity index (χ1n) is 7.95. The van der Waals surface area contributed by atoms with Gasteiger partial charge in [-0.15, -0.1) is 0 Å². The van der Waals surface area contributed by atoms with E-state index in [1.165, 1.54) is 18.2 Å². The number of aromatic nitrogens is 2. The first kappa shape index (κ1) is 19.0. The smallest absolute Gasteiger partial charge is 0.295 e. The molecule has 2 amide bonds. The molecule has 0 fully saturated rings. The first-order valence-corrected chi connectivity index (χ1v) is 8.75. The Balaban J connectivity index is 1.63. The summed E-state index contributed by atoms with van der Waals surface area (Å²) in [5, 5.41) is 5.22. The van der Waals surface area contributed by atoms with Crippen molar-refractivity contribution in [3.63, 3.8) is 0 Å². The summed E-state index contributed by atoms with van der Waals surface area (Å²) in [7, 11) is 0. The van der Waals surface area contributed by atoms with Gasteiger partial charge in [0.05, 0.1) is 17.6 Å². The summed E-state index contributed by atoms with van der Waals surface area (Å²) in [6.07, 6.45) is -2.72. The van der Waals surface area contributed by atoms with E-state index in [0.29, 0.717) is 16.7 Å². The van der Waals surface area contributed by atoms with Crippen LogP contribution in [-0.4, -0.2) is 28.3 Å². The maximum Gasteiger partial charge on any atom is 0.295 e. The highest BCUT2D eigenvalue weighted by Crippen LogP contribution is 2.21. The molecule has 3 aromatic rings. The Hall–Kier alpha value is -2.81. The molecule has 0 bridgehead atoms. The van der Waals surface area contributed by atoms with E-state index in [9.17, 15) is 18.4 Å². The number of nitrogens with one attached hydrogen (secondary N) is 3. The van der Waals surface area contributed by atoms with Crippen LogP contribution in [0.2, 0.25) is 0 Å². The number of rotatable bonds is 5. The number of nitrogens with zero attached hydrogens (tertiary/aromatic N) is 1.